The maximum atomic E-state index is 11.9. The van der Waals surface area contributed by atoms with Crippen molar-refractivity contribution in [2.75, 3.05) is 11.1 Å². The molecule has 0 radical (unpaired) electrons. The predicted octanol–water partition coefficient (Wildman–Crippen LogP) is -0.134. The van der Waals surface area contributed by atoms with E-state index < -0.39 is 0 Å². The Hall–Kier alpha value is -2.38. The van der Waals surface area contributed by atoms with Crippen LogP contribution in [0.4, 0.5) is 11.6 Å². The van der Waals surface area contributed by atoms with Gasteiger partial charge in [-0.2, -0.15) is 4.80 Å². The SMILES string of the molecule is CCn1cc(N)cc1C(=O)Nc1nnn(C)n1. The molecule has 0 aliphatic heterocycles. The first kappa shape index (κ1) is 11.1. The van der Waals surface area contributed by atoms with Gasteiger partial charge in [0, 0.05) is 12.7 Å². The zero-order valence-corrected chi connectivity index (χ0v) is 9.58. The molecule has 0 unspecified atom stereocenters. The van der Waals surface area contributed by atoms with E-state index in [0.717, 1.165) is 0 Å². The molecule has 0 aromatic carbocycles. The highest BCUT2D eigenvalue weighted by molar-refractivity contribution is 6.02. The number of hydrogen-bond acceptors (Lipinski definition) is 5. The van der Waals surface area contributed by atoms with Gasteiger partial charge in [-0.1, -0.05) is 5.10 Å². The molecular weight excluding hydrogens is 222 g/mol. The van der Waals surface area contributed by atoms with Gasteiger partial charge in [0.15, 0.2) is 0 Å². The second-order valence-corrected chi connectivity index (χ2v) is 3.50. The average molecular weight is 235 g/mol. The summed E-state index contributed by atoms with van der Waals surface area (Å²) in [6.45, 7) is 2.59. The molecule has 2 rings (SSSR count). The number of carbonyl (C=O) groups is 1. The standard InChI is InChI=1S/C9H13N7O/c1-3-16-5-6(10)4-7(16)8(17)11-9-12-14-15(2)13-9/h4-5H,3,10H2,1-2H3,(H,11,13,17). The molecule has 0 saturated heterocycles. The average Bonchev–Trinajstić information content (AvgIpc) is 2.84. The minimum absolute atomic E-state index is 0.167. The molecule has 0 atom stereocenters. The van der Waals surface area contributed by atoms with Crippen LogP contribution in [0.15, 0.2) is 12.3 Å². The third kappa shape index (κ3) is 2.25. The lowest BCUT2D eigenvalue weighted by Gasteiger charge is -2.04. The Balaban J connectivity index is 2.19. The van der Waals surface area contributed by atoms with Crippen molar-refractivity contribution in [3.8, 4) is 0 Å². The smallest absolute Gasteiger partial charge is 0.274 e. The number of nitrogen functional groups attached to an aromatic ring is 1. The first-order valence-corrected chi connectivity index (χ1v) is 5.11. The van der Waals surface area contributed by atoms with E-state index in [-0.39, 0.29) is 11.9 Å². The minimum atomic E-state index is -0.309. The highest BCUT2D eigenvalue weighted by atomic mass is 16.2. The summed E-state index contributed by atoms with van der Waals surface area (Å²) in [7, 11) is 1.62. The number of nitrogens with two attached hydrogens (primary N) is 1. The van der Waals surface area contributed by atoms with Gasteiger partial charge < -0.3 is 10.3 Å². The molecular formula is C9H13N7O. The van der Waals surface area contributed by atoms with Gasteiger partial charge >= 0.3 is 0 Å². The van der Waals surface area contributed by atoms with Crippen molar-refractivity contribution in [2.45, 2.75) is 13.5 Å². The number of anilines is 2. The molecule has 0 spiro atoms. The molecule has 0 saturated carbocycles. The van der Waals surface area contributed by atoms with Crippen molar-refractivity contribution in [3.05, 3.63) is 18.0 Å². The Morgan fingerprint density at radius 3 is 2.94 bits per heavy atom. The van der Waals surface area contributed by atoms with Crippen LogP contribution in [-0.4, -0.2) is 30.7 Å². The van der Waals surface area contributed by atoms with Gasteiger partial charge in [-0.15, -0.1) is 5.10 Å². The first-order chi connectivity index (χ1) is 8.10. The van der Waals surface area contributed by atoms with Crippen LogP contribution in [0.1, 0.15) is 17.4 Å². The van der Waals surface area contributed by atoms with E-state index in [1.54, 1.807) is 23.9 Å². The lowest BCUT2D eigenvalue weighted by Crippen LogP contribution is -2.17. The van der Waals surface area contributed by atoms with Crippen molar-refractivity contribution in [1.82, 2.24) is 24.8 Å². The number of nitrogens with zero attached hydrogens (tertiary/aromatic N) is 5. The van der Waals surface area contributed by atoms with Crippen LogP contribution in [0.3, 0.4) is 0 Å². The molecule has 0 aliphatic carbocycles. The minimum Gasteiger partial charge on any atom is -0.397 e. The summed E-state index contributed by atoms with van der Waals surface area (Å²) in [6, 6.07) is 1.61. The molecule has 2 aromatic rings. The number of nitrogens with one attached hydrogen (secondary N) is 1. The Bertz CT molecular complexity index is 541. The number of carbonyl (C=O) groups excluding carboxylic acids is 1. The van der Waals surface area contributed by atoms with E-state index in [1.807, 2.05) is 6.92 Å². The number of aryl methyl sites for hydroxylation is 2. The molecule has 3 N–H and O–H groups in total. The highest BCUT2D eigenvalue weighted by Crippen LogP contribution is 2.11. The van der Waals surface area contributed by atoms with E-state index >= 15 is 0 Å². The molecule has 2 aromatic heterocycles. The molecule has 8 nitrogen and oxygen atoms in total. The summed E-state index contributed by atoms with van der Waals surface area (Å²) in [4.78, 5) is 13.2. The fourth-order valence-corrected chi connectivity index (χ4v) is 1.48. The van der Waals surface area contributed by atoms with Crippen LogP contribution in [0.25, 0.3) is 0 Å². The topological polar surface area (TPSA) is 104 Å². The van der Waals surface area contributed by atoms with Crippen molar-refractivity contribution in [2.24, 2.45) is 7.05 Å². The third-order valence-electron chi connectivity index (χ3n) is 2.22. The molecule has 17 heavy (non-hydrogen) atoms. The van der Waals surface area contributed by atoms with Crippen LogP contribution in [0.2, 0.25) is 0 Å². The zero-order valence-electron chi connectivity index (χ0n) is 9.58. The van der Waals surface area contributed by atoms with Crippen LogP contribution in [-0.2, 0) is 13.6 Å². The molecule has 0 aliphatic rings. The number of amides is 1. The van der Waals surface area contributed by atoms with Gasteiger partial charge in [0.2, 0.25) is 0 Å². The molecule has 0 fully saturated rings. The van der Waals surface area contributed by atoms with Gasteiger partial charge in [-0.25, -0.2) is 0 Å². The fourth-order valence-electron chi connectivity index (χ4n) is 1.48. The first-order valence-electron chi connectivity index (χ1n) is 5.11. The van der Waals surface area contributed by atoms with Gasteiger partial charge in [0.25, 0.3) is 11.9 Å². The zero-order chi connectivity index (χ0) is 12.4. The van der Waals surface area contributed by atoms with E-state index in [1.165, 1.54) is 4.80 Å². The molecule has 90 valence electrons. The number of tetrazole rings is 1. The maximum Gasteiger partial charge on any atom is 0.274 e. The quantitative estimate of drug-likeness (QED) is 0.771. The lowest BCUT2D eigenvalue weighted by atomic mass is 10.4. The highest BCUT2D eigenvalue weighted by Gasteiger charge is 2.14. The number of aromatic nitrogens is 5. The second-order valence-electron chi connectivity index (χ2n) is 3.50. The monoisotopic (exact) mass is 235 g/mol. The second kappa shape index (κ2) is 4.24. The molecule has 8 heteroatoms. The van der Waals surface area contributed by atoms with Crippen molar-refractivity contribution in [3.63, 3.8) is 0 Å². The van der Waals surface area contributed by atoms with E-state index in [4.69, 9.17) is 5.73 Å². The van der Waals surface area contributed by atoms with Gasteiger partial charge in [-0.05, 0) is 18.2 Å². The molecule has 0 bridgehead atoms. The summed E-state index contributed by atoms with van der Waals surface area (Å²) in [6.07, 6.45) is 1.71. The van der Waals surface area contributed by atoms with E-state index in [0.29, 0.717) is 17.9 Å². The Kier molecular flexibility index (Phi) is 2.77. The maximum absolute atomic E-state index is 11.9. The van der Waals surface area contributed by atoms with Gasteiger partial charge in [0.1, 0.15) is 5.69 Å². The summed E-state index contributed by atoms with van der Waals surface area (Å²) in [5, 5.41) is 13.7. The third-order valence-corrected chi connectivity index (χ3v) is 2.22. The Morgan fingerprint density at radius 2 is 2.35 bits per heavy atom. The van der Waals surface area contributed by atoms with Gasteiger partial charge in [0.05, 0.1) is 12.7 Å². The van der Waals surface area contributed by atoms with Crippen LogP contribution < -0.4 is 11.1 Å². The summed E-state index contributed by atoms with van der Waals surface area (Å²) < 4.78 is 1.75. The molecule has 2 heterocycles. The van der Waals surface area contributed by atoms with Crippen molar-refractivity contribution >= 4 is 17.5 Å². The van der Waals surface area contributed by atoms with Gasteiger partial charge in [-0.3, -0.25) is 10.1 Å². The van der Waals surface area contributed by atoms with E-state index in [2.05, 4.69) is 20.7 Å². The molecule has 1 amide bonds. The number of hydrogen-bond donors (Lipinski definition) is 2. The van der Waals surface area contributed by atoms with Crippen LogP contribution >= 0.6 is 0 Å². The van der Waals surface area contributed by atoms with Crippen LogP contribution in [0, 0.1) is 0 Å². The predicted molar refractivity (Wildman–Crippen MR) is 61.3 cm³/mol. The normalized spacial score (nSPS) is 10.5. The number of rotatable bonds is 3. The fraction of sp³-hybridized carbons (Fsp3) is 0.333. The van der Waals surface area contributed by atoms with E-state index in [9.17, 15) is 4.79 Å². The Labute approximate surface area is 97.4 Å². The summed E-state index contributed by atoms with van der Waals surface area (Å²) in [5.74, 6) is -0.142. The van der Waals surface area contributed by atoms with Crippen LogP contribution in [0.5, 0.6) is 0 Å². The lowest BCUT2D eigenvalue weighted by molar-refractivity contribution is 0.101. The van der Waals surface area contributed by atoms with Crippen molar-refractivity contribution < 1.29 is 4.79 Å². The van der Waals surface area contributed by atoms with Crippen molar-refractivity contribution in [1.29, 1.82) is 0 Å². The summed E-state index contributed by atoms with van der Waals surface area (Å²) >= 11 is 0. The summed E-state index contributed by atoms with van der Waals surface area (Å²) in [5.41, 5.74) is 6.66. The largest absolute Gasteiger partial charge is 0.397 e. The Morgan fingerprint density at radius 1 is 1.59 bits per heavy atom.